The van der Waals surface area contributed by atoms with Crippen molar-refractivity contribution in [1.29, 1.82) is 0 Å². The van der Waals surface area contributed by atoms with Crippen LogP contribution in [0, 0.1) is 11.8 Å². The molecule has 0 nitrogen and oxygen atoms in total. The molecule has 0 aromatic carbocycles. The summed E-state index contributed by atoms with van der Waals surface area (Å²) in [5, 5.41) is 0. The van der Waals surface area contributed by atoms with E-state index in [-0.39, 0.29) is 0 Å². The van der Waals surface area contributed by atoms with Gasteiger partial charge in [-0.15, -0.1) is 0 Å². The topological polar surface area (TPSA) is 0 Å². The molecule has 0 saturated heterocycles. The zero-order valence-electron chi connectivity index (χ0n) is 19.2. The number of hydrogen-bond acceptors (Lipinski definition) is 0. The largest absolute Gasteiger partial charge is 0.0988 e. The fourth-order valence-electron chi connectivity index (χ4n) is 2.13. The molecule has 0 amide bonds. The molecule has 0 rings (SSSR count). The van der Waals surface area contributed by atoms with Crippen LogP contribution >= 0.6 is 0 Å². The molecule has 0 aromatic rings. The third-order valence-electron chi connectivity index (χ3n) is 3.68. The maximum atomic E-state index is 3.95. The summed E-state index contributed by atoms with van der Waals surface area (Å²) < 4.78 is 0. The van der Waals surface area contributed by atoms with Crippen LogP contribution in [0.1, 0.15) is 69.2 Å². The Balaban J connectivity index is -0.00000123. The summed E-state index contributed by atoms with van der Waals surface area (Å²) in [5.74, 6) is 1.00. The third kappa shape index (κ3) is 12.5. The Bertz CT molecular complexity index is 514. The van der Waals surface area contributed by atoms with Crippen molar-refractivity contribution in [3.63, 3.8) is 0 Å². The van der Waals surface area contributed by atoms with Crippen molar-refractivity contribution in [2.24, 2.45) is 11.8 Å². The minimum absolute atomic E-state index is 0.472. The lowest BCUT2D eigenvalue weighted by Gasteiger charge is -2.08. The second-order valence-corrected chi connectivity index (χ2v) is 5.87. The molecule has 0 unspecified atom stereocenters. The average Bonchev–Trinajstić information content (AvgIpc) is 2.66. The number of hydrogen-bond donors (Lipinski definition) is 0. The normalized spacial score (nSPS) is 13.2. The first-order valence-electron chi connectivity index (χ1n) is 10.1. The first-order chi connectivity index (χ1) is 12.4. The Kier molecular flexibility index (Phi) is 21.7. The molecule has 148 valence electrons. The highest BCUT2D eigenvalue weighted by atomic mass is 14.1. The fourth-order valence-corrected chi connectivity index (χ4v) is 2.13. The lowest BCUT2D eigenvalue weighted by molar-refractivity contribution is 0.789. The molecular weight excluding hydrogens is 312 g/mol. The van der Waals surface area contributed by atoms with Crippen LogP contribution in [0.2, 0.25) is 0 Å². The van der Waals surface area contributed by atoms with Crippen LogP contribution in [0.15, 0.2) is 84.1 Å². The van der Waals surface area contributed by atoms with Gasteiger partial charge >= 0.3 is 0 Å². The van der Waals surface area contributed by atoms with E-state index in [2.05, 4.69) is 91.2 Å². The van der Waals surface area contributed by atoms with Gasteiger partial charge in [0.2, 0.25) is 0 Å². The molecule has 0 spiro atoms. The van der Waals surface area contributed by atoms with E-state index in [1.807, 2.05) is 39.8 Å². The van der Waals surface area contributed by atoms with Gasteiger partial charge in [0.05, 0.1) is 0 Å². The van der Waals surface area contributed by atoms with Crippen molar-refractivity contribution < 1.29 is 0 Å². The Morgan fingerprint density at radius 2 is 1.12 bits per heavy atom. The summed E-state index contributed by atoms with van der Waals surface area (Å²) in [6.07, 6.45) is 16.7. The van der Waals surface area contributed by atoms with Crippen LogP contribution in [-0.2, 0) is 0 Å². The Hall–Kier alpha value is -1.82. The summed E-state index contributed by atoms with van der Waals surface area (Å²) in [6.45, 7) is 28.7. The van der Waals surface area contributed by atoms with Crippen molar-refractivity contribution in [3.05, 3.63) is 84.1 Å². The van der Waals surface area contributed by atoms with Crippen molar-refractivity contribution in [1.82, 2.24) is 0 Å². The highest BCUT2D eigenvalue weighted by molar-refractivity contribution is 5.49. The third-order valence-corrected chi connectivity index (χ3v) is 3.68. The molecule has 0 aliphatic carbocycles. The standard InChI is InChI=1S/C22H32.2C2H6/c1-9-19(17(5)6)13-15-21(11-3)22(12-4)16-14-20(10-2)18(7)8;2*1-2/h9-18H,1,3H2,2,4-8H3;2*1-2H3/b16-14-,19-13+,20-10+,21-15+,22-12+;;. The molecule has 0 aliphatic heterocycles. The van der Waals surface area contributed by atoms with E-state index < -0.39 is 0 Å². The monoisotopic (exact) mass is 356 g/mol. The van der Waals surface area contributed by atoms with Gasteiger partial charge in [-0.1, -0.05) is 117 Å². The molecular formula is C26H44. The van der Waals surface area contributed by atoms with Gasteiger partial charge < -0.3 is 0 Å². The van der Waals surface area contributed by atoms with E-state index in [1.165, 1.54) is 16.7 Å². The fraction of sp³-hybridized carbons (Fsp3) is 0.462. The van der Waals surface area contributed by atoms with Crippen LogP contribution in [0.25, 0.3) is 0 Å². The van der Waals surface area contributed by atoms with Crippen molar-refractivity contribution in [3.8, 4) is 0 Å². The lowest BCUT2D eigenvalue weighted by atomic mass is 9.98. The number of allylic oxidation sites excluding steroid dienone is 12. The molecule has 26 heavy (non-hydrogen) atoms. The highest BCUT2D eigenvalue weighted by Crippen LogP contribution is 2.18. The van der Waals surface area contributed by atoms with Crippen molar-refractivity contribution >= 4 is 0 Å². The quantitative estimate of drug-likeness (QED) is 0.380. The van der Waals surface area contributed by atoms with Gasteiger partial charge in [0.15, 0.2) is 0 Å². The van der Waals surface area contributed by atoms with Crippen LogP contribution in [-0.4, -0.2) is 0 Å². The van der Waals surface area contributed by atoms with Gasteiger partial charge in [0.1, 0.15) is 0 Å². The molecule has 0 saturated carbocycles. The predicted molar refractivity (Wildman–Crippen MR) is 126 cm³/mol. The van der Waals surface area contributed by atoms with Gasteiger partial charge in [0.25, 0.3) is 0 Å². The van der Waals surface area contributed by atoms with Gasteiger partial charge in [-0.05, 0) is 48.0 Å². The Morgan fingerprint density at radius 3 is 1.42 bits per heavy atom. The second-order valence-electron chi connectivity index (χ2n) is 5.87. The molecule has 0 heteroatoms. The summed E-state index contributed by atoms with van der Waals surface area (Å²) in [7, 11) is 0. The molecule has 0 bridgehead atoms. The SMILES string of the molecule is C=C\C(=C/C=C(C=C)/C(/C=C\C(=C/C)C(C)C)=C/C)C(C)C.CC.CC. The van der Waals surface area contributed by atoms with E-state index in [9.17, 15) is 0 Å². The summed E-state index contributed by atoms with van der Waals surface area (Å²) in [4.78, 5) is 0. The minimum atomic E-state index is 0.472. The molecule has 0 aromatic heterocycles. The van der Waals surface area contributed by atoms with Gasteiger partial charge in [-0.2, -0.15) is 0 Å². The zero-order valence-corrected chi connectivity index (χ0v) is 19.2. The van der Waals surface area contributed by atoms with Gasteiger partial charge in [0, 0.05) is 0 Å². The molecule has 0 N–H and O–H groups in total. The molecule has 0 aliphatic rings. The maximum absolute atomic E-state index is 3.95. The van der Waals surface area contributed by atoms with Gasteiger partial charge in [-0.3, -0.25) is 0 Å². The van der Waals surface area contributed by atoms with Crippen LogP contribution in [0.5, 0.6) is 0 Å². The maximum Gasteiger partial charge on any atom is -0.0193 e. The van der Waals surface area contributed by atoms with E-state index in [0.717, 1.165) is 5.57 Å². The average molecular weight is 357 g/mol. The van der Waals surface area contributed by atoms with Crippen LogP contribution in [0.4, 0.5) is 0 Å². The van der Waals surface area contributed by atoms with Crippen molar-refractivity contribution in [2.45, 2.75) is 69.2 Å². The lowest BCUT2D eigenvalue weighted by Crippen LogP contribution is -1.91. The van der Waals surface area contributed by atoms with E-state index in [4.69, 9.17) is 0 Å². The van der Waals surface area contributed by atoms with Crippen LogP contribution in [0.3, 0.4) is 0 Å². The summed E-state index contributed by atoms with van der Waals surface area (Å²) in [6, 6.07) is 0. The van der Waals surface area contributed by atoms with E-state index in [0.29, 0.717) is 11.8 Å². The molecule has 0 atom stereocenters. The summed E-state index contributed by atoms with van der Waals surface area (Å²) in [5.41, 5.74) is 4.87. The molecule has 0 radical (unpaired) electrons. The first kappa shape index (κ1) is 29.0. The van der Waals surface area contributed by atoms with E-state index in [1.54, 1.807) is 0 Å². The van der Waals surface area contributed by atoms with E-state index >= 15 is 0 Å². The molecule has 0 fully saturated rings. The predicted octanol–water partition coefficient (Wildman–Crippen LogP) is 9.02. The van der Waals surface area contributed by atoms with Crippen molar-refractivity contribution in [2.75, 3.05) is 0 Å². The highest BCUT2D eigenvalue weighted by Gasteiger charge is 2.01. The van der Waals surface area contributed by atoms with Gasteiger partial charge in [-0.25, -0.2) is 0 Å². The van der Waals surface area contributed by atoms with Crippen LogP contribution < -0.4 is 0 Å². The number of rotatable bonds is 8. The molecule has 0 heterocycles. The Labute approximate surface area is 165 Å². The summed E-state index contributed by atoms with van der Waals surface area (Å²) >= 11 is 0. The Morgan fingerprint density at radius 1 is 0.615 bits per heavy atom. The first-order valence-corrected chi connectivity index (χ1v) is 10.1. The zero-order chi connectivity index (χ0) is 21.1. The smallest absolute Gasteiger partial charge is 0.0193 e. The minimum Gasteiger partial charge on any atom is -0.0988 e. The second kappa shape index (κ2) is 19.5.